The molecule has 6 heteroatoms. The Morgan fingerprint density at radius 2 is 2.05 bits per heavy atom. The van der Waals surface area contributed by atoms with Crippen LogP contribution < -0.4 is 10.1 Å². The number of hydrogen-bond acceptors (Lipinski definition) is 4. The fraction of sp³-hybridized carbons (Fsp3) is 0.200. The number of nitrogens with one attached hydrogen (secondary N) is 1. The first kappa shape index (κ1) is 14.8. The number of halogens is 1. The molecular weight excluding hydrogens is 275 g/mol. The van der Waals surface area contributed by atoms with Crippen LogP contribution in [0.25, 0.3) is 0 Å². The number of carboxylic acid groups (broad SMARTS) is 1. The van der Waals surface area contributed by atoms with Crippen molar-refractivity contribution in [3.05, 3.63) is 54.1 Å². The monoisotopic (exact) mass is 290 g/mol. The van der Waals surface area contributed by atoms with Gasteiger partial charge < -0.3 is 15.2 Å². The Bertz CT molecular complexity index is 646. The molecule has 1 unspecified atom stereocenters. The van der Waals surface area contributed by atoms with Crippen molar-refractivity contribution in [2.24, 2.45) is 0 Å². The molecule has 0 spiro atoms. The second kappa shape index (κ2) is 5.78. The third kappa shape index (κ3) is 2.94. The predicted molar refractivity (Wildman–Crippen MR) is 75.8 cm³/mol. The average Bonchev–Trinajstić information content (AvgIpc) is 2.48. The minimum absolute atomic E-state index is 0.197. The number of hydrogen-bond donors (Lipinski definition) is 2. The maximum Gasteiger partial charge on any atom is 0.335 e. The number of aliphatic carboxylic acids is 1. The van der Waals surface area contributed by atoms with Gasteiger partial charge in [-0.3, -0.25) is 4.98 Å². The van der Waals surface area contributed by atoms with Crippen molar-refractivity contribution in [1.29, 1.82) is 0 Å². The zero-order valence-corrected chi connectivity index (χ0v) is 11.6. The summed E-state index contributed by atoms with van der Waals surface area (Å²) in [6.45, 7) is 1.46. The van der Waals surface area contributed by atoms with E-state index in [2.05, 4.69) is 10.3 Å². The summed E-state index contributed by atoms with van der Waals surface area (Å²) in [6.07, 6.45) is 0.987. The van der Waals surface area contributed by atoms with Crippen LogP contribution in [0.1, 0.15) is 12.6 Å². The normalized spacial score (nSPS) is 13.3. The Balaban J connectivity index is 2.43. The van der Waals surface area contributed by atoms with E-state index in [1.54, 1.807) is 24.3 Å². The quantitative estimate of drug-likeness (QED) is 0.885. The highest BCUT2D eigenvalue weighted by atomic mass is 19.1. The van der Waals surface area contributed by atoms with Crippen molar-refractivity contribution in [2.45, 2.75) is 12.5 Å². The highest BCUT2D eigenvalue weighted by molar-refractivity contribution is 5.84. The fourth-order valence-corrected chi connectivity index (χ4v) is 1.92. The molecule has 1 aromatic heterocycles. The van der Waals surface area contributed by atoms with Gasteiger partial charge in [-0.2, -0.15) is 0 Å². The number of anilines is 1. The van der Waals surface area contributed by atoms with Crippen molar-refractivity contribution in [3.8, 4) is 5.75 Å². The lowest BCUT2D eigenvalue weighted by atomic mass is 9.96. The van der Waals surface area contributed by atoms with Gasteiger partial charge in [0.2, 0.25) is 0 Å². The Labute approximate surface area is 121 Å². The van der Waals surface area contributed by atoms with E-state index in [0.717, 1.165) is 6.20 Å². The van der Waals surface area contributed by atoms with E-state index < -0.39 is 17.3 Å². The number of rotatable bonds is 5. The van der Waals surface area contributed by atoms with E-state index in [0.29, 0.717) is 11.4 Å². The first-order chi connectivity index (χ1) is 9.97. The molecule has 0 saturated carbocycles. The molecule has 2 rings (SSSR count). The molecule has 0 aliphatic carbocycles. The maximum atomic E-state index is 13.0. The SMILES string of the molecule is COc1ccccc1NC(C)(C(=O)O)c1ccc(F)cn1. The molecule has 0 bridgehead atoms. The first-order valence-corrected chi connectivity index (χ1v) is 6.24. The standard InChI is InChI=1S/C15H15FN2O3/c1-15(14(19)20,13-8-7-10(16)9-17-13)18-11-5-3-4-6-12(11)21-2/h3-9,18H,1-2H3,(H,19,20). The summed E-state index contributed by atoms with van der Waals surface area (Å²) >= 11 is 0. The van der Waals surface area contributed by atoms with Gasteiger partial charge in [-0.05, 0) is 31.2 Å². The zero-order chi connectivity index (χ0) is 15.5. The van der Waals surface area contributed by atoms with Crippen LogP contribution in [-0.4, -0.2) is 23.2 Å². The van der Waals surface area contributed by atoms with Crippen molar-refractivity contribution in [1.82, 2.24) is 4.98 Å². The lowest BCUT2D eigenvalue weighted by Gasteiger charge is -2.27. The Morgan fingerprint density at radius 1 is 1.33 bits per heavy atom. The summed E-state index contributed by atoms with van der Waals surface area (Å²) in [7, 11) is 1.49. The van der Waals surface area contributed by atoms with Crippen LogP contribution in [0.3, 0.4) is 0 Å². The molecule has 0 aliphatic rings. The third-order valence-electron chi connectivity index (χ3n) is 3.16. The van der Waals surface area contributed by atoms with E-state index in [1.807, 2.05) is 0 Å². The number of nitrogens with zero attached hydrogens (tertiary/aromatic N) is 1. The molecule has 1 aromatic carbocycles. The van der Waals surface area contributed by atoms with Crippen molar-refractivity contribution < 1.29 is 19.0 Å². The summed E-state index contributed by atoms with van der Waals surface area (Å²) in [5.74, 6) is -1.15. The van der Waals surface area contributed by atoms with Crippen molar-refractivity contribution >= 4 is 11.7 Å². The van der Waals surface area contributed by atoms with Crippen LogP contribution in [0.5, 0.6) is 5.75 Å². The van der Waals surface area contributed by atoms with E-state index in [-0.39, 0.29) is 5.69 Å². The van der Waals surface area contributed by atoms with Gasteiger partial charge in [0.05, 0.1) is 24.7 Å². The van der Waals surface area contributed by atoms with Crippen LogP contribution in [0.2, 0.25) is 0 Å². The molecule has 1 atom stereocenters. The van der Waals surface area contributed by atoms with Gasteiger partial charge in [-0.25, -0.2) is 9.18 Å². The molecule has 5 nitrogen and oxygen atoms in total. The lowest BCUT2D eigenvalue weighted by Crippen LogP contribution is -2.41. The summed E-state index contributed by atoms with van der Waals surface area (Å²) in [4.78, 5) is 15.5. The smallest absolute Gasteiger partial charge is 0.335 e. The summed E-state index contributed by atoms with van der Waals surface area (Å²) in [5, 5.41) is 12.4. The van der Waals surface area contributed by atoms with E-state index in [4.69, 9.17) is 4.74 Å². The van der Waals surface area contributed by atoms with E-state index in [9.17, 15) is 14.3 Å². The van der Waals surface area contributed by atoms with Gasteiger partial charge in [0.25, 0.3) is 0 Å². The largest absolute Gasteiger partial charge is 0.495 e. The Kier molecular flexibility index (Phi) is 4.07. The zero-order valence-electron chi connectivity index (χ0n) is 11.6. The highest BCUT2D eigenvalue weighted by Crippen LogP contribution is 2.31. The van der Waals surface area contributed by atoms with Crippen LogP contribution >= 0.6 is 0 Å². The molecule has 1 heterocycles. The molecule has 0 fully saturated rings. The van der Waals surface area contributed by atoms with Crippen LogP contribution in [0, 0.1) is 5.82 Å². The number of benzene rings is 1. The molecule has 110 valence electrons. The summed E-state index contributed by atoms with van der Waals surface area (Å²) in [5.41, 5.74) is -0.805. The van der Waals surface area contributed by atoms with Crippen LogP contribution in [0.4, 0.5) is 10.1 Å². The Morgan fingerprint density at radius 3 is 2.62 bits per heavy atom. The second-order valence-corrected chi connectivity index (χ2v) is 4.62. The predicted octanol–water partition coefficient (Wildman–Crippen LogP) is 2.64. The average molecular weight is 290 g/mol. The van der Waals surface area contributed by atoms with Gasteiger partial charge in [0, 0.05) is 0 Å². The third-order valence-corrected chi connectivity index (χ3v) is 3.16. The van der Waals surface area contributed by atoms with Crippen molar-refractivity contribution in [3.63, 3.8) is 0 Å². The lowest BCUT2D eigenvalue weighted by molar-refractivity contribution is -0.142. The number of ether oxygens (including phenoxy) is 1. The number of methoxy groups -OCH3 is 1. The fourth-order valence-electron chi connectivity index (χ4n) is 1.92. The molecule has 0 radical (unpaired) electrons. The van der Waals surface area contributed by atoms with Crippen LogP contribution in [0.15, 0.2) is 42.6 Å². The first-order valence-electron chi connectivity index (χ1n) is 6.24. The van der Waals surface area contributed by atoms with Crippen molar-refractivity contribution in [2.75, 3.05) is 12.4 Å². The minimum Gasteiger partial charge on any atom is -0.495 e. The molecule has 0 saturated heterocycles. The molecule has 2 N–H and O–H groups in total. The number of para-hydroxylation sites is 2. The van der Waals surface area contributed by atoms with E-state index in [1.165, 1.54) is 26.2 Å². The Hall–Kier alpha value is -2.63. The molecule has 21 heavy (non-hydrogen) atoms. The minimum atomic E-state index is -1.51. The van der Waals surface area contributed by atoms with Gasteiger partial charge >= 0.3 is 5.97 Å². The number of aromatic nitrogens is 1. The van der Waals surface area contributed by atoms with Crippen LogP contribution in [-0.2, 0) is 10.3 Å². The summed E-state index contributed by atoms with van der Waals surface area (Å²) < 4.78 is 18.2. The molecular formula is C15H15FN2O3. The van der Waals surface area contributed by atoms with Gasteiger partial charge in [-0.15, -0.1) is 0 Å². The summed E-state index contributed by atoms with van der Waals surface area (Å²) in [6, 6.07) is 9.45. The molecule has 0 amide bonds. The number of carboxylic acids is 1. The molecule has 2 aromatic rings. The number of pyridine rings is 1. The van der Waals surface area contributed by atoms with Gasteiger partial charge in [-0.1, -0.05) is 12.1 Å². The molecule has 0 aliphatic heterocycles. The van der Waals surface area contributed by atoms with Gasteiger partial charge in [0.1, 0.15) is 11.6 Å². The second-order valence-electron chi connectivity index (χ2n) is 4.62. The number of carbonyl (C=O) groups is 1. The van der Waals surface area contributed by atoms with Gasteiger partial charge in [0.15, 0.2) is 5.54 Å². The maximum absolute atomic E-state index is 13.0. The highest BCUT2D eigenvalue weighted by Gasteiger charge is 2.37. The topological polar surface area (TPSA) is 71.5 Å². The van der Waals surface area contributed by atoms with E-state index >= 15 is 0 Å².